The van der Waals surface area contributed by atoms with E-state index in [9.17, 15) is 14.9 Å². The lowest BCUT2D eigenvalue weighted by Gasteiger charge is -2.10. The third-order valence-electron chi connectivity index (χ3n) is 2.73. The topological polar surface area (TPSA) is 89.7 Å². The van der Waals surface area contributed by atoms with E-state index in [0.717, 1.165) is 11.3 Å². The van der Waals surface area contributed by atoms with E-state index in [0.29, 0.717) is 15.6 Å². The van der Waals surface area contributed by atoms with Gasteiger partial charge in [-0.25, -0.2) is 4.79 Å². The van der Waals surface area contributed by atoms with E-state index in [4.69, 9.17) is 9.84 Å². The van der Waals surface area contributed by atoms with Crippen LogP contribution in [-0.4, -0.2) is 16.0 Å². The fourth-order valence-electron chi connectivity index (χ4n) is 1.82. The minimum Gasteiger partial charge on any atom is -0.482 e. The number of carboxylic acid groups (broad SMARTS) is 1. The van der Waals surface area contributed by atoms with Crippen molar-refractivity contribution in [3.8, 4) is 5.75 Å². The van der Waals surface area contributed by atoms with Gasteiger partial charge >= 0.3 is 11.7 Å². The highest BCUT2D eigenvalue weighted by atomic mass is 79.9. The number of nitrogens with zero attached hydrogens (tertiary/aromatic N) is 1. The van der Waals surface area contributed by atoms with Gasteiger partial charge in [-0.2, -0.15) is 0 Å². The summed E-state index contributed by atoms with van der Waals surface area (Å²) in [6.45, 7) is 1.66. The SMILES string of the molecule is Cc1cc(Br)cc([N+](=O)[O-])c1OCc1ccsc1C(=O)O. The van der Waals surface area contributed by atoms with Crippen LogP contribution in [0.3, 0.4) is 0 Å². The highest BCUT2D eigenvalue weighted by Crippen LogP contribution is 2.35. The molecule has 21 heavy (non-hydrogen) atoms. The average molecular weight is 372 g/mol. The van der Waals surface area contributed by atoms with Gasteiger partial charge in [-0.1, -0.05) is 15.9 Å². The highest BCUT2D eigenvalue weighted by molar-refractivity contribution is 9.10. The molecule has 1 aromatic heterocycles. The van der Waals surface area contributed by atoms with Crippen molar-refractivity contribution in [2.75, 3.05) is 0 Å². The summed E-state index contributed by atoms with van der Waals surface area (Å²) in [5, 5.41) is 21.7. The summed E-state index contributed by atoms with van der Waals surface area (Å²) in [7, 11) is 0. The van der Waals surface area contributed by atoms with Crippen molar-refractivity contribution in [2.24, 2.45) is 0 Å². The van der Waals surface area contributed by atoms with E-state index in [1.54, 1.807) is 24.4 Å². The van der Waals surface area contributed by atoms with Gasteiger partial charge in [0, 0.05) is 16.1 Å². The molecule has 0 saturated heterocycles. The molecule has 2 aromatic rings. The maximum atomic E-state index is 11.1. The fourth-order valence-corrected chi connectivity index (χ4v) is 3.13. The number of carboxylic acids is 1. The molecule has 0 unspecified atom stereocenters. The lowest BCUT2D eigenvalue weighted by molar-refractivity contribution is -0.386. The number of nitro benzene ring substituents is 1. The molecule has 2 rings (SSSR count). The largest absolute Gasteiger partial charge is 0.482 e. The second-order valence-electron chi connectivity index (χ2n) is 4.20. The summed E-state index contributed by atoms with van der Waals surface area (Å²) in [4.78, 5) is 21.7. The second-order valence-corrected chi connectivity index (χ2v) is 6.03. The Hall–Kier alpha value is -1.93. The second kappa shape index (κ2) is 6.23. The molecule has 0 bridgehead atoms. The summed E-state index contributed by atoms with van der Waals surface area (Å²) in [5.74, 6) is -0.892. The molecule has 1 N–H and O–H groups in total. The molecule has 0 radical (unpaired) electrons. The summed E-state index contributed by atoms with van der Waals surface area (Å²) < 4.78 is 6.08. The maximum absolute atomic E-state index is 11.1. The number of aromatic carboxylic acids is 1. The zero-order valence-corrected chi connectivity index (χ0v) is 13.2. The summed E-state index contributed by atoms with van der Waals surface area (Å²) >= 11 is 4.29. The maximum Gasteiger partial charge on any atom is 0.346 e. The molecule has 0 aliphatic carbocycles. The van der Waals surface area contributed by atoms with Crippen LogP contribution in [0.15, 0.2) is 28.1 Å². The molecule has 0 aliphatic rings. The van der Waals surface area contributed by atoms with Gasteiger partial charge in [0.15, 0.2) is 5.75 Å². The fraction of sp³-hybridized carbons (Fsp3) is 0.154. The van der Waals surface area contributed by atoms with Crippen molar-refractivity contribution in [1.82, 2.24) is 0 Å². The summed E-state index contributed by atoms with van der Waals surface area (Å²) in [6, 6.07) is 4.69. The number of hydrogen-bond donors (Lipinski definition) is 1. The van der Waals surface area contributed by atoms with Crippen LogP contribution in [0.4, 0.5) is 5.69 Å². The van der Waals surface area contributed by atoms with Crippen LogP contribution < -0.4 is 4.74 Å². The number of carbonyl (C=O) groups is 1. The lowest BCUT2D eigenvalue weighted by atomic mass is 10.2. The first-order valence-electron chi connectivity index (χ1n) is 5.77. The van der Waals surface area contributed by atoms with Gasteiger partial charge in [0.05, 0.1) is 4.92 Å². The molecule has 0 fully saturated rings. The Bertz CT molecular complexity index is 713. The zero-order chi connectivity index (χ0) is 15.6. The van der Waals surface area contributed by atoms with Crippen LogP contribution in [0, 0.1) is 17.0 Å². The first-order valence-corrected chi connectivity index (χ1v) is 7.44. The van der Waals surface area contributed by atoms with Crippen LogP contribution in [-0.2, 0) is 6.61 Å². The third-order valence-corrected chi connectivity index (χ3v) is 4.13. The summed E-state index contributed by atoms with van der Waals surface area (Å²) in [5.41, 5.74) is 0.932. The van der Waals surface area contributed by atoms with Gasteiger partial charge < -0.3 is 9.84 Å². The van der Waals surface area contributed by atoms with Gasteiger partial charge in [0.1, 0.15) is 11.5 Å². The van der Waals surface area contributed by atoms with Crippen LogP contribution in [0.5, 0.6) is 5.75 Å². The Kier molecular flexibility index (Phi) is 4.59. The smallest absolute Gasteiger partial charge is 0.346 e. The quantitative estimate of drug-likeness (QED) is 0.633. The molecule has 1 heterocycles. The van der Waals surface area contributed by atoms with Crippen LogP contribution in [0.2, 0.25) is 0 Å². The van der Waals surface area contributed by atoms with E-state index in [2.05, 4.69) is 15.9 Å². The minimum atomic E-state index is -1.04. The van der Waals surface area contributed by atoms with Crippen LogP contribution in [0.25, 0.3) is 0 Å². The van der Waals surface area contributed by atoms with Crippen molar-refractivity contribution in [1.29, 1.82) is 0 Å². The lowest BCUT2D eigenvalue weighted by Crippen LogP contribution is -2.04. The molecule has 110 valence electrons. The molecule has 1 aromatic carbocycles. The Morgan fingerprint density at radius 3 is 2.86 bits per heavy atom. The first kappa shape index (κ1) is 15.5. The monoisotopic (exact) mass is 371 g/mol. The average Bonchev–Trinajstić information content (AvgIpc) is 2.85. The first-order chi connectivity index (χ1) is 9.90. The number of rotatable bonds is 5. The number of nitro groups is 1. The third kappa shape index (κ3) is 3.40. The van der Waals surface area contributed by atoms with E-state index < -0.39 is 10.9 Å². The van der Waals surface area contributed by atoms with E-state index in [1.807, 2.05) is 0 Å². The zero-order valence-electron chi connectivity index (χ0n) is 10.8. The Labute approximate surface area is 132 Å². The number of halogens is 1. The Morgan fingerprint density at radius 2 is 2.24 bits per heavy atom. The molecule has 6 nitrogen and oxygen atoms in total. The molecule has 0 aliphatic heterocycles. The number of ether oxygens (including phenoxy) is 1. The van der Waals surface area contributed by atoms with Gasteiger partial charge in [-0.05, 0) is 30.0 Å². The van der Waals surface area contributed by atoms with E-state index in [-0.39, 0.29) is 22.9 Å². The number of aryl methyl sites for hydroxylation is 1. The molecule has 8 heteroatoms. The number of hydrogen-bond acceptors (Lipinski definition) is 5. The molecule has 0 spiro atoms. The van der Waals surface area contributed by atoms with E-state index >= 15 is 0 Å². The van der Waals surface area contributed by atoms with Gasteiger partial charge in [0.25, 0.3) is 0 Å². The molecule has 0 amide bonds. The highest BCUT2D eigenvalue weighted by Gasteiger charge is 2.20. The van der Waals surface area contributed by atoms with Crippen molar-refractivity contribution >= 4 is 38.9 Å². The van der Waals surface area contributed by atoms with Crippen LogP contribution >= 0.6 is 27.3 Å². The predicted octanol–water partition coefficient (Wildman–Crippen LogP) is 4.00. The predicted molar refractivity (Wildman–Crippen MR) is 81.1 cm³/mol. The van der Waals surface area contributed by atoms with Gasteiger partial charge in [-0.3, -0.25) is 10.1 Å². The standard InChI is InChI=1S/C13H10BrNO5S/c1-7-4-9(14)5-10(15(18)19)11(7)20-6-8-2-3-21-12(8)13(16)17/h2-5H,6H2,1H3,(H,16,17). The molecular weight excluding hydrogens is 362 g/mol. The van der Waals surface area contributed by atoms with Crippen molar-refractivity contribution in [3.63, 3.8) is 0 Å². The number of thiophene rings is 1. The number of benzene rings is 1. The van der Waals surface area contributed by atoms with Crippen molar-refractivity contribution in [3.05, 3.63) is 54.2 Å². The Balaban J connectivity index is 2.30. The van der Waals surface area contributed by atoms with Crippen LogP contribution in [0.1, 0.15) is 20.8 Å². The molecular formula is C13H10BrNO5S. The minimum absolute atomic E-state index is 0.0333. The van der Waals surface area contributed by atoms with Gasteiger partial charge in [-0.15, -0.1) is 11.3 Å². The van der Waals surface area contributed by atoms with Gasteiger partial charge in [0.2, 0.25) is 0 Å². The van der Waals surface area contributed by atoms with E-state index in [1.165, 1.54) is 6.07 Å². The Morgan fingerprint density at radius 1 is 1.52 bits per heavy atom. The normalized spacial score (nSPS) is 10.4. The van der Waals surface area contributed by atoms with Crippen molar-refractivity contribution in [2.45, 2.75) is 13.5 Å². The molecule has 0 atom stereocenters. The summed E-state index contributed by atoms with van der Waals surface area (Å²) in [6.07, 6.45) is 0. The molecule has 0 saturated carbocycles. The van der Waals surface area contributed by atoms with Crippen molar-refractivity contribution < 1.29 is 19.6 Å².